The average molecular weight is 303 g/mol. The SMILES string of the molecule is COc1ccc(-n2c3ccc(N)cc3c3cc(N)ccc32)cc1. The lowest BCUT2D eigenvalue weighted by Crippen LogP contribution is -1.94. The Kier molecular flexibility index (Phi) is 2.91. The molecule has 0 aliphatic heterocycles. The Hall–Kier alpha value is -3.14. The van der Waals surface area contributed by atoms with E-state index in [1.165, 1.54) is 0 Å². The van der Waals surface area contributed by atoms with Crippen LogP contribution in [0.3, 0.4) is 0 Å². The highest BCUT2D eigenvalue weighted by molar-refractivity contribution is 6.11. The lowest BCUT2D eigenvalue weighted by atomic mass is 10.1. The molecule has 1 heterocycles. The predicted octanol–water partition coefficient (Wildman–Crippen LogP) is 3.96. The van der Waals surface area contributed by atoms with Crippen molar-refractivity contribution in [1.29, 1.82) is 0 Å². The summed E-state index contributed by atoms with van der Waals surface area (Å²) in [6.45, 7) is 0. The van der Waals surface area contributed by atoms with Gasteiger partial charge in [-0.3, -0.25) is 0 Å². The minimum Gasteiger partial charge on any atom is -0.497 e. The third-order valence-corrected chi connectivity index (χ3v) is 4.14. The van der Waals surface area contributed by atoms with Gasteiger partial charge in [0.25, 0.3) is 0 Å². The third-order valence-electron chi connectivity index (χ3n) is 4.14. The molecular formula is C19H17N3O. The van der Waals surface area contributed by atoms with Crippen molar-refractivity contribution in [2.75, 3.05) is 18.6 Å². The molecule has 0 aliphatic carbocycles. The fraction of sp³-hybridized carbons (Fsp3) is 0.0526. The first kappa shape index (κ1) is 13.5. The van der Waals surface area contributed by atoms with Gasteiger partial charge in [0.15, 0.2) is 0 Å². The van der Waals surface area contributed by atoms with E-state index in [1.54, 1.807) is 7.11 Å². The third kappa shape index (κ3) is 2.07. The summed E-state index contributed by atoms with van der Waals surface area (Å²) in [5.41, 5.74) is 16.7. The Morgan fingerprint density at radius 2 is 1.26 bits per heavy atom. The smallest absolute Gasteiger partial charge is 0.119 e. The van der Waals surface area contributed by atoms with Gasteiger partial charge in [0.1, 0.15) is 5.75 Å². The van der Waals surface area contributed by atoms with Crippen molar-refractivity contribution in [2.45, 2.75) is 0 Å². The number of nitrogens with zero attached hydrogens (tertiary/aromatic N) is 1. The standard InChI is InChI=1S/C19H17N3O/c1-23-15-6-4-14(5-7-15)22-18-8-2-12(20)10-16(18)17-11-13(21)3-9-19(17)22/h2-11H,20-21H2,1H3. The molecule has 0 unspecified atom stereocenters. The summed E-state index contributed by atoms with van der Waals surface area (Å²) in [5.74, 6) is 0.836. The second-order valence-corrected chi connectivity index (χ2v) is 5.59. The van der Waals surface area contributed by atoms with Crippen LogP contribution < -0.4 is 16.2 Å². The van der Waals surface area contributed by atoms with Crippen molar-refractivity contribution < 1.29 is 4.74 Å². The molecular weight excluding hydrogens is 286 g/mol. The van der Waals surface area contributed by atoms with E-state index in [4.69, 9.17) is 16.2 Å². The van der Waals surface area contributed by atoms with Gasteiger partial charge >= 0.3 is 0 Å². The van der Waals surface area contributed by atoms with Gasteiger partial charge < -0.3 is 20.8 Å². The quantitative estimate of drug-likeness (QED) is 0.551. The maximum atomic E-state index is 5.98. The molecule has 1 aromatic heterocycles. The van der Waals surface area contributed by atoms with Gasteiger partial charge in [-0.25, -0.2) is 0 Å². The van der Waals surface area contributed by atoms with Crippen LogP contribution >= 0.6 is 0 Å². The topological polar surface area (TPSA) is 66.2 Å². The zero-order valence-corrected chi connectivity index (χ0v) is 12.8. The summed E-state index contributed by atoms with van der Waals surface area (Å²) in [7, 11) is 1.67. The normalized spacial score (nSPS) is 11.2. The van der Waals surface area contributed by atoms with E-state index in [2.05, 4.69) is 4.57 Å². The minimum absolute atomic E-state index is 0.744. The first-order chi connectivity index (χ1) is 11.2. The summed E-state index contributed by atoms with van der Waals surface area (Å²) in [5, 5.41) is 2.20. The van der Waals surface area contributed by atoms with Crippen LogP contribution in [-0.4, -0.2) is 11.7 Å². The Bertz CT molecular complexity index is 957. The van der Waals surface area contributed by atoms with Crippen LogP contribution in [0.15, 0.2) is 60.7 Å². The van der Waals surface area contributed by atoms with Crippen LogP contribution in [0.5, 0.6) is 5.75 Å². The van der Waals surface area contributed by atoms with Gasteiger partial charge in [-0.1, -0.05) is 0 Å². The van der Waals surface area contributed by atoms with E-state index >= 15 is 0 Å². The second kappa shape index (κ2) is 4.95. The largest absolute Gasteiger partial charge is 0.497 e. The summed E-state index contributed by atoms with van der Waals surface area (Å²) in [4.78, 5) is 0. The predicted molar refractivity (Wildman–Crippen MR) is 96.2 cm³/mol. The molecule has 0 spiro atoms. The van der Waals surface area contributed by atoms with Gasteiger partial charge in [0.05, 0.1) is 18.1 Å². The highest BCUT2D eigenvalue weighted by atomic mass is 16.5. The number of rotatable bonds is 2. The first-order valence-corrected chi connectivity index (χ1v) is 7.41. The number of methoxy groups -OCH3 is 1. The molecule has 4 aromatic rings. The molecule has 114 valence electrons. The van der Waals surface area contributed by atoms with Crippen LogP contribution in [0.2, 0.25) is 0 Å². The molecule has 3 aromatic carbocycles. The zero-order valence-electron chi connectivity index (χ0n) is 12.8. The highest BCUT2D eigenvalue weighted by Gasteiger charge is 2.12. The van der Waals surface area contributed by atoms with Crippen molar-refractivity contribution in [2.24, 2.45) is 0 Å². The number of hydrogen-bond acceptors (Lipinski definition) is 3. The van der Waals surface area contributed by atoms with E-state index in [-0.39, 0.29) is 0 Å². The van der Waals surface area contributed by atoms with Crippen molar-refractivity contribution in [3.8, 4) is 11.4 Å². The summed E-state index contributed by atoms with van der Waals surface area (Å²) < 4.78 is 7.46. The van der Waals surface area contributed by atoms with Crippen LogP contribution in [0, 0.1) is 0 Å². The minimum atomic E-state index is 0.744. The number of nitrogen functional groups attached to an aromatic ring is 2. The number of hydrogen-bond donors (Lipinski definition) is 2. The summed E-state index contributed by atoms with van der Waals surface area (Å²) in [6.07, 6.45) is 0. The highest BCUT2D eigenvalue weighted by Crippen LogP contribution is 2.34. The van der Waals surface area contributed by atoms with Gasteiger partial charge in [-0.05, 0) is 60.7 Å². The molecule has 0 atom stereocenters. The van der Waals surface area contributed by atoms with Gasteiger partial charge in [0.2, 0.25) is 0 Å². The van der Waals surface area contributed by atoms with Gasteiger partial charge in [-0.2, -0.15) is 0 Å². The number of anilines is 2. The number of aromatic nitrogens is 1. The molecule has 4 nitrogen and oxygen atoms in total. The number of benzene rings is 3. The molecule has 0 aliphatic rings. The van der Waals surface area contributed by atoms with Crippen LogP contribution in [0.25, 0.3) is 27.5 Å². The molecule has 0 saturated heterocycles. The molecule has 4 N–H and O–H groups in total. The molecule has 0 saturated carbocycles. The van der Waals surface area contributed by atoms with E-state index in [9.17, 15) is 0 Å². The molecule has 0 radical (unpaired) electrons. The molecule has 0 bridgehead atoms. The molecule has 4 heteroatoms. The number of fused-ring (bicyclic) bond motifs is 3. The van der Waals surface area contributed by atoms with Gasteiger partial charge in [-0.15, -0.1) is 0 Å². The number of ether oxygens (including phenoxy) is 1. The fourth-order valence-electron chi connectivity index (χ4n) is 3.07. The van der Waals surface area contributed by atoms with Crippen LogP contribution in [0.4, 0.5) is 11.4 Å². The van der Waals surface area contributed by atoms with E-state index in [1.807, 2.05) is 60.7 Å². The molecule has 23 heavy (non-hydrogen) atoms. The van der Waals surface area contributed by atoms with Crippen molar-refractivity contribution in [3.05, 3.63) is 60.7 Å². The fourth-order valence-corrected chi connectivity index (χ4v) is 3.07. The Morgan fingerprint density at radius 3 is 1.74 bits per heavy atom. The lowest BCUT2D eigenvalue weighted by Gasteiger charge is -2.09. The monoisotopic (exact) mass is 303 g/mol. The van der Waals surface area contributed by atoms with Crippen molar-refractivity contribution in [1.82, 2.24) is 4.57 Å². The number of nitrogens with two attached hydrogens (primary N) is 2. The molecule has 0 amide bonds. The van der Waals surface area contributed by atoms with Crippen LogP contribution in [0.1, 0.15) is 0 Å². The Morgan fingerprint density at radius 1 is 0.739 bits per heavy atom. The first-order valence-electron chi connectivity index (χ1n) is 7.41. The average Bonchev–Trinajstić information content (AvgIpc) is 2.88. The van der Waals surface area contributed by atoms with Crippen LogP contribution in [-0.2, 0) is 0 Å². The summed E-state index contributed by atoms with van der Waals surface area (Å²) in [6, 6.07) is 19.9. The second-order valence-electron chi connectivity index (χ2n) is 5.59. The Balaban J connectivity index is 2.10. The maximum absolute atomic E-state index is 5.98. The van der Waals surface area contributed by atoms with Crippen molar-refractivity contribution >= 4 is 33.2 Å². The maximum Gasteiger partial charge on any atom is 0.119 e. The van der Waals surface area contributed by atoms with E-state index in [0.29, 0.717) is 0 Å². The van der Waals surface area contributed by atoms with E-state index < -0.39 is 0 Å². The van der Waals surface area contributed by atoms with Gasteiger partial charge in [0, 0.05) is 27.8 Å². The molecule has 0 fully saturated rings. The lowest BCUT2D eigenvalue weighted by molar-refractivity contribution is 0.415. The van der Waals surface area contributed by atoms with E-state index in [0.717, 1.165) is 44.6 Å². The van der Waals surface area contributed by atoms with Crippen molar-refractivity contribution in [3.63, 3.8) is 0 Å². The Labute approximate surface area is 133 Å². The zero-order chi connectivity index (χ0) is 16.0. The molecule has 4 rings (SSSR count). The summed E-state index contributed by atoms with van der Waals surface area (Å²) >= 11 is 0.